The molecule has 0 saturated carbocycles. The molecule has 0 spiro atoms. The fourth-order valence-electron chi connectivity index (χ4n) is 2.73. The molecule has 106 valence electrons. The molecule has 1 aliphatic carbocycles. The van der Waals surface area contributed by atoms with Gasteiger partial charge in [0.2, 0.25) is 0 Å². The van der Waals surface area contributed by atoms with Crippen molar-refractivity contribution < 1.29 is 4.79 Å². The first-order valence-corrected chi connectivity index (χ1v) is 7.79. The van der Waals surface area contributed by atoms with E-state index in [2.05, 4.69) is 16.5 Å². The largest absolute Gasteiger partial charge is 0.345 e. The van der Waals surface area contributed by atoms with Crippen LogP contribution in [-0.2, 0) is 19.9 Å². The number of nitrogens with one attached hydrogen (secondary N) is 1. The van der Waals surface area contributed by atoms with Gasteiger partial charge in [-0.1, -0.05) is 0 Å². The van der Waals surface area contributed by atoms with E-state index in [-0.39, 0.29) is 11.9 Å². The number of rotatable bonds is 3. The molecular weight excluding hydrogens is 270 g/mol. The molecule has 5 heteroatoms. The van der Waals surface area contributed by atoms with Crippen molar-refractivity contribution in [3.63, 3.8) is 0 Å². The van der Waals surface area contributed by atoms with Gasteiger partial charge in [-0.25, -0.2) is 0 Å². The maximum atomic E-state index is 12.3. The van der Waals surface area contributed by atoms with E-state index in [0.717, 1.165) is 29.0 Å². The van der Waals surface area contributed by atoms with Crippen LogP contribution in [0.2, 0.25) is 0 Å². The molecule has 1 N–H and O–H groups in total. The molecule has 4 nitrogen and oxygen atoms in total. The molecule has 20 heavy (non-hydrogen) atoms. The Balaban J connectivity index is 1.73. The van der Waals surface area contributed by atoms with Crippen LogP contribution in [0.15, 0.2) is 12.3 Å². The molecule has 2 aromatic rings. The summed E-state index contributed by atoms with van der Waals surface area (Å²) >= 11 is 1.64. The molecule has 2 aromatic heterocycles. The van der Waals surface area contributed by atoms with E-state index in [4.69, 9.17) is 0 Å². The maximum absolute atomic E-state index is 12.3. The Bertz CT molecular complexity index is 635. The third kappa shape index (κ3) is 2.26. The van der Waals surface area contributed by atoms with Gasteiger partial charge in [-0.2, -0.15) is 5.10 Å². The fourth-order valence-corrected chi connectivity index (χ4v) is 3.88. The molecule has 1 atom stereocenters. The molecule has 0 aliphatic heterocycles. The topological polar surface area (TPSA) is 46.9 Å². The van der Waals surface area contributed by atoms with Crippen LogP contribution < -0.4 is 5.32 Å². The lowest BCUT2D eigenvalue weighted by Gasteiger charge is -2.13. The van der Waals surface area contributed by atoms with Crippen molar-refractivity contribution in [1.29, 1.82) is 0 Å². The first-order chi connectivity index (χ1) is 9.56. The number of carbonyl (C=O) groups excluding carboxylic acids is 1. The average molecular weight is 289 g/mol. The van der Waals surface area contributed by atoms with Crippen LogP contribution in [0.3, 0.4) is 0 Å². The number of aromatic nitrogens is 2. The lowest BCUT2D eigenvalue weighted by atomic mass is 10.1. The number of carbonyl (C=O) groups is 1. The van der Waals surface area contributed by atoms with E-state index in [1.807, 2.05) is 31.8 Å². The van der Waals surface area contributed by atoms with E-state index < -0.39 is 0 Å². The zero-order valence-electron chi connectivity index (χ0n) is 12.1. The Morgan fingerprint density at radius 2 is 2.30 bits per heavy atom. The molecule has 2 heterocycles. The number of thiophene rings is 1. The summed E-state index contributed by atoms with van der Waals surface area (Å²) in [4.78, 5) is 14.5. The van der Waals surface area contributed by atoms with Gasteiger partial charge in [0.25, 0.3) is 5.91 Å². The fraction of sp³-hybridized carbons (Fsp3) is 0.467. The van der Waals surface area contributed by atoms with E-state index in [9.17, 15) is 4.79 Å². The van der Waals surface area contributed by atoms with Gasteiger partial charge in [-0.15, -0.1) is 11.3 Å². The van der Waals surface area contributed by atoms with E-state index in [1.165, 1.54) is 16.9 Å². The molecule has 0 unspecified atom stereocenters. The number of hydrogen-bond acceptors (Lipinski definition) is 3. The van der Waals surface area contributed by atoms with E-state index in [1.54, 1.807) is 11.3 Å². The molecule has 0 saturated heterocycles. The van der Waals surface area contributed by atoms with Crippen LogP contribution in [0, 0.1) is 6.92 Å². The van der Waals surface area contributed by atoms with Gasteiger partial charge >= 0.3 is 0 Å². The lowest BCUT2D eigenvalue weighted by molar-refractivity contribution is 0.0944. The van der Waals surface area contributed by atoms with Gasteiger partial charge < -0.3 is 5.32 Å². The summed E-state index contributed by atoms with van der Waals surface area (Å²) in [7, 11) is 1.91. The van der Waals surface area contributed by atoms with Crippen LogP contribution in [0.4, 0.5) is 0 Å². The molecule has 1 amide bonds. The second-order valence-electron chi connectivity index (χ2n) is 5.42. The van der Waals surface area contributed by atoms with Crippen molar-refractivity contribution in [1.82, 2.24) is 15.1 Å². The smallest absolute Gasteiger partial charge is 0.261 e. The van der Waals surface area contributed by atoms with E-state index >= 15 is 0 Å². The van der Waals surface area contributed by atoms with Crippen molar-refractivity contribution in [3.8, 4) is 0 Å². The standard InChI is InChI=1S/C15H19N3OS/c1-9(12-8-16-18(3)10(12)2)17-15(19)14-7-11-5-4-6-13(11)20-14/h7-9H,4-6H2,1-3H3,(H,17,19)/t9-/m0/s1. The van der Waals surface area contributed by atoms with Crippen molar-refractivity contribution >= 4 is 17.2 Å². The molecule has 1 aliphatic rings. The zero-order chi connectivity index (χ0) is 14.3. The van der Waals surface area contributed by atoms with Gasteiger partial charge in [-0.3, -0.25) is 9.48 Å². The molecular formula is C15H19N3OS. The van der Waals surface area contributed by atoms with Gasteiger partial charge in [0.05, 0.1) is 17.1 Å². The van der Waals surface area contributed by atoms with Crippen LogP contribution in [-0.4, -0.2) is 15.7 Å². The average Bonchev–Trinajstić information content (AvgIpc) is 3.05. The van der Waals surface area contributed by atoms with Gasteiger partial charge in [0.15, 0.2) is 0 Å². The predicted octanol–water partition coefficient (Wildman–Crippen LogP) is 2.77. The Morgan fingerprint density at radius 3 is 2.95 bits per heavy atom. The van der Waals surface area contributed by atoms with Crippen LogP contribution in [0.1, 0.15) is 50.8 Å². The summed E-state index contributed by atoms with van der Waals surface area (Å²) in [5.74, 6) is 0.0279. The zero-order valence-corrected chi connectivity index (χ0v) is 12.9. The molecule has 0 fully saturated rings. The summed E-state index contributed by atoms with van der Waals surface area (Å²) < 4.78 is 1.83. The number of fused-ring (bicyclic) bond motifs is 1. The number of aryl methyl sites for hydroxylation is 3. The summed E-state index contributed by atoms with van der Waals surface area (Å²) in [5.41, 5.74) is 3.53. The number of nitrogens with zero attached hydrogens (tertiary/aromatic N) is 2. The molecule has 0 aromatic carbocycles. The first-order valence-electron chi connectivity index (χ1n) is 6.97. The Hall–Kier alpha value is -1.62. The highest BCUT2D eigenvalue weighted by atomic mass is 32.1. The summed E-state index contributed by atoms with van der Waals surface area (Å²) in [5, 5.41) is 7.30. The second-order valence-corrected chi connectivity index (χ2v) is 6.55. The minimum Gasteiger partial charge on any atom is -0.345 e. The summed E-state index contributed by atoms with van der Waals surface area (Å²) in [6.07, 6.45) is 5.31. The summed E-state index contributed by atoms with van der Waals surface area (Å²) in [6, 6.07) is 2.04. The van der Waals surface area contributed by atoms with Crippen LogP contribution in [0.5, 0.6) is 0 Å². The normalized spacial score (nSPS) is 15.2. The lowest BCUT2D eigenvalue weighted by Crippen LogP contribution is -2.26. The van der Waals surface area contributed by atoms with Gasteiger partial charge in [0, 0.05) is 23.2 Å². The predicted molar refractivity (Wildman–Crippen MR) is 80.2 cm³/mol. The highest BCUT2D eigenvalue weighted by molar-refractivity contribution is 7.14. The van der Waals surface area contributed by atoms with E-state index in [0.29, 0.717) is 0 Å². The maximum Gasteiger partial charge on any atom is 0.261 e. The highest BCUT2D eigenvalue weighted by Crippen LogP contribution is 2.30. The quantitative estimate of drug-likeness (QED) is 0.944. The summed E-state index contributed by atoms with van der Waals surface area (Å²) in [6.45, 7) is 4.02. The Labute approximate surface area is 122 Å². The SMILES string of the molecule is Cc1c([C@H](C)NC(=O)c2cc3c(s2)CCC3)cnn1C. The monoisotopic (exact) mass is 289 g/mol. The second kappa shape index (κ2) is 5.05. The highest BCUT2D eigenvalue weighted by Gasteiger charge is 2.20. The number of amides is 1. The van der Waals surface area contributed by atoms with Crippen molar-refractivity contribution in [3.05, 3.63) is 38.8 Å². The van der Waals surface area contributed by atoms with Gasteiger partial charge in [-0.05, 0) is 44.7 Å². The number of hydrogen-bond donors (Lipinski definition) is 1. The Morgan fingerprint density at radius 1 is 1.50 bits per heavy atom. The minimum atomic E-state index is -0.0202. The third-order valence-electron chi connectivity index (χ3n) is 4.06. The van der Waals surface area contributed by atoms with Crippen molar-refractivity contribution in [2.75, 3.05) is 0 Å². The first kappa shape index (κ1) is 13.4. The third-order valence-corrected chi connectivity index (χ3v) is 5.29. The van der Waals surface area contributed by atoms with Crippen molar-refractivity contribution in [2.45, 2.75) is 39.2 Å². The van der Waals surface area contributed by atoms with Crippen LogP contribution >= 0.6 is 11.3 Å². The molecule has 3 rings (SSSR count). The molecule has 0 radical (unpaired) electrons. The molecule has 0 bridgehead atoms. The van der Waals surface area contributed by atoms with Crippen LogP contribution in [0.25, 0.3) is 0 Å². The minimum absolute atomic E-state index is 0.0202. The Kier molecular flexibility index (Phi) is 3.38. The van der Waals surface area contributed by atoms with Crippen molar-refractivity contribution in [2.24, 2.45) is 7.05 Å². The van der Waals surface area contributed by atoms with Gasteiger partial charge in [0.1, 0.15) is 0 Å².